The molecule has 1 amide bonds. The van der Waals surface area contributed by atoms with Crippen LogP contribution < -0.4 is 5.32 Å². The van der Waals surface area contributed by atoms with Gasteiger partial charge in [-0.25, -0.2) is 0 Å². The van der Waals surface area contributed by atoms with E-state index in [1.165, 1.54) is 18.8 Å². The van der Waals surface area contributed by atoms with Gasteiger partial charge in [0.05, 0.1) is 11.1 Å². The van der Waals surface area contributed by atoms with Crippen molar-refractivity contribution in [2.24, 2.45) is 0 Å². The molecule has 0 atom stereocenters. The summed E-state index contributed by atoms with van der Waals surface area (Å²) in [6.07, 6.45) is 6.21. The third-order valence-corrected chi connectivity index (χ3v) is 2.57. The van der Waals surface area contributed by atoms with Gasteiger partial charge in [-0.1, -0.05) is 0 Å². The molecule has 1 fully saturated rings. The third kappa shape index (κ3) is 2.13. The zero-order valence-electron chi connectivity index (χ0n) is 8.23. The number of rotatable bonds is 2. The highest BCUT2D eigenvalue weighted by molar-refractivity contribution is 5.94. The van der Waals surface area contributed by atoms with Gasteiger partial charge in [-0.15, -0.1) is 0 Å². The second kappa shape index (κ2) is 4.09. The summed E-state index contributed by atoms with van der Waals surface area (Å²) < 4.78 is 0. The monoisotopic (exact) mass is 201 g/mol. The summed E-state index contributed by atoms with van der Waals surface area (Å²) in [7, 11) is 0. The van der Waals surface area contributed by atoms with Crippen molar-refractivity contribution in [2.75, 3.05) is 0 Å². The Morgan fingerprint density at radius 3 is 2.93 bits per heavy atom. The van der Waals surface area contributed by atoms with Gasteiger partial charge in [0.2, 0.25) is 0 Å². The molecule has 1 N–H and O–H groups in total. The number of nitriles is 1. The van der Waals surface area contributed by atoms with Crippen molar-refractivity contribution in [1.82, 2.24) is 10.3 Å². The Morgan fingerprint density at radius 1 is 1.53 bits per heavy atom. The number of nitrogens with zero attached hydrogens (tertiary/aromatic N) is 2. The first-order valence-electron chi connectivity index (χ1n) is 4.95. The van der Waals surface area contributed by atoms with Crippen LogP contribution >= 0.6 is 0 Å². The van der Waals surface area contributed by atoms with Crippen molar-refractivity contribution in [3.63, 3.8) is 0 Å². The van der Waals surface area contributed by atoms with Crippen molar-refractivity contribution in [2.45, 2.75) is 25.3 Å². The summed E-state index contributed by atoms with van der Waals surface area (Å²) in [6, 6.07) is 3.83. The molecule has 0 unspecified atom stereocenters. The highest BCUT2D eigenvalue weighted by Crippen LogP contribution is 2.18. The molecule has 0 spiro atoms. The lowest BCUT2D eigenvalue weighted by Crippen LogP contribution is -2.39. The maximum absolute atomic E-state index is 11.7. The minimum absolute atomic E-state index is 0.135. The molecule has 1 aliphatic carbocycles. The van der Waals surface area contributed by atoms with E-state index in [4.69, 9.17) is 5.26 Å². The fourth-order valence-corrected chi connectivity index (χ4v) is 1.45. The van der Waals surface area contributed by atoms with Crippen LogP contribution in [0.25, 0.3) is 0 Å². The lowest BCUT2D eigenvalue weighted by Gasteiger charge is -2.26. The third-order valence-electron chi connectivity index (χ3n) is 2.57. The standard InChI is InChI=1S/C11H11N3O/c12-5-8-4-9(7-13-6-8)11(15)14-10-2-1-3-10/h4,6-7,10H,1-3H2,(H,14,15). The Balaban J connectivity index is 2.07. The minimum atomic E-state index is -0.135. The van der Waals surface area contributed by atoms with E-state index in [1.54, 1.807) is 6.07 Å². The Morgan fingerprint density at radius 2 is 2.33 bits per heavy atom. The number of hydrogen-bond donors (Lipinski definition) is 1. The number of aromatic nitrogens is 1. The van der Waals surface area contributed by atoms with Crippen molar-refractivity contribution in [3.05, 3.63) is 29.6 Å². The van der Waals surface area contributed by atoms with Crippen LogP contribution in [-0.4, -0.2) is 16.9 Å². The summed E-state index contributed by atoms with van der Waals surface area (Å²) in [5.74, 6) is -0.135. The van der Waals surface area contributed by atoms with Crippen molar-refractivity contribution >= 4 is 5.91 Å². The molecule has 0 aliphatic heterocycles. The van der Waals surface area contributed by atoms with Gasteiger partial charge in [-0.2, -0.15) is 5.26 Å². The van der Waals surface area contributed by atoms with E-state index in [2.05, 4.69) is 10.3 Å². The molecule has 1 saturated carbocycles. The van der Waals surface area contributed by atoms with Crippen LogP contribution in [-0.2, 0) is 0 Å². The molecule has 4 heteroatoms. The number of hydrogen-bond acceptors (Lipinski definition) is 3. The summed E-state index contributed by atoms with van der Waals surface area (Å²) >= 11 is 0. The molecule has 0 aromatic carbocycles. The van der Waals surface area contributed by atoms with Gasteiger partial charge in [0, 0.05) is 18.4 Å². The molecule has 0 saturated heterocycles. The Labute approximate surface area is 87.9 Å². The van der Waals surface area contributed by atoms with Gasteiger partial charge < -0.3 is 5.32 Å². The van der Waals surface area contributed by atoms with Gasteiger partial charge in [0.1, 0.15) is 6.07 Å². The normalized spacial score (nSPS) is 15.1. The number of carbonyl (C=O) groups is 1. The lowest BCUT2D eigenvalue weighted by atomic mass is 9.93. The summed E-state index contributed by atoms with van der Waals surface area (Å²) in [6.45, 7) is 0. The van der Waals surface area contributed by atoms with Crippen LogP contribution in [0.15, 0.2) is 18.5 Å². The van der Waals surface area contributed by atoms with Crippen LogP contribution in [0.4, 0.5) is 0 Å². The highest BCUT2D eigenvalue weighted by Gasteiger charge is 2.20. The van der Waals surface area contributed by atoms with E-state index in [9.17, 15) is 4.79 Å². The maximum atomic E-state index is 11.7. The Bertz CT molecular complexity index is 418. The van der Waals surface area contributed by atoms with Gasteiger partial charge in [0.15, 0.2) is 0 Å². The Kier molecular flexibility index (Phi) is 2.64. The van der Waals surface area contributed by atoms with Gasteiger partial charge in [0.25, 0.3) is 5.91 Å². The number of pyridine rings is 1. The first kappa shape index (κ1) is 9.66. The first-order chi connectivity index (χ1) is 7.29. The molecule has 15 heavy (non-hydrogen) atoms. The number of amides is 1. The molecule has 0 bridgehead atoms. The quantitative estimate of drug-likeness (QED) is 0.782. The lowest BCUT2D eigenvalue weighted by molar-refractivity contribution is 0.0916. The van der Waals surface area contributed by atoms with Crippen molar-refractivity contribution in [1.29, 1.82) is 5.26 Å². The predicted octanol–water partition coefficient (Wildman–Crippen LogP) is 1.24. The van der Waals surface area contributed by atoms with Gasteiger partial charge >= 0.3 is 0 Å². The first-order valence-corrected chi connectivity index (χ1v) is 4.95. The zero-order chi connectivity index (χ0) is 10.7. The largest absolute Gasteiger partial charge is 0.349 e. The SMILES string of the molecule is N#Cc1cncc(C(=O)NC2CCC2)c1. The average Bonchev–Trinajstić information content (AvgIpc) is 2.23. The molecule has 1 aromatic heterocycles. The molecule has 1 aromatic rings. The highest BCUT2D eigenvalue weighted by atomic mass is 16.1. The van der Waals surface area contributed by atoms with E-state index in [-0.39, 0.29) is 5.91 Å². The second-order valence-electron chi connectivity index (χ2n) is 3.68. The minimum Gasteiger partial charge on any atom is -0.349 e. The fraction of sp³-hybridized carbons (Fsp3) is 0.364. The zero-order valence-corrected chi connectivity index (χ0v) is 8.23. The number of carbonyl (C=O) groups excluding carboxylic acids is 1. The van der Waals surface area contributed by atoms with Crippen LogP contribution in [0.5, 0.6) is 0 Å². The van der Waals surface area contributed by atoms with E-state index in [1.807, 2.05) is 6.07 Å². The fourth-order valence-electron chi connectivity index (χ4n) is 1.45. The summed E-state index contributed by atoms with van der Waals surface area (Å²) in [5, 5.41) is 11.6. The second-order valence-corrected chi connectivity index (χ2v) is 3.68. The smallest absolute Gasteiger partial charge is 0.253 e. The molecule has 2 rings (SSSR count). The van der Waals surface area contributed by atoms with Crippen LogP contribution in [0.3, 0.4) is 0 Å². The summed E-state index contributed by atoms with van der Waals surface area (Å²) in [5.41, 5.74) is 0.872. The van der Waals surface area contributed by atoms with Crippen molar-refractivity contribution in [3.8, 4) is 6.07 Å². The molecule has 1 heterocycles. The van der Waals surface area contributed by atoms with E-state index in [0.29, 0.717) is 17.2 Å². The topological polar surface area (TPSA) is 65.8 Å². The number of nitrogens with one attached hydrogen (secondary N) is 1. The van der Waals surface area contributed by atoms with Crippen LogP contribution in [0, 0.1) is 11.3 Å². The molecule has 4 nitrogen and oxygen atoms in total. The van der Waals surface area contributed by atoms with E-state index < -0.39 is 0 Å². The van der Waals surface area contributed by atoms with Gasteiger partial charge in [-0.05, 0) is 25.3 Å². The molecular weight excluding hydrogens is 190 g/mol. The van der Waals surface area contributed by atoms with E-state index in [0.717, 1.165) is 12.8 Å². The maximum Gasteiger partial charge on any atom is 0.253 e. The molecule has 1 aliphatic rings. The van der Waals surface area contributed by atoms with Crippen LogP contribution in [0.1, 0.15) is 35.2 Å². The molecular formula is C11H11N3O. The Hall–Kier alpha value is -1.89. The van der Waals surface area contributed by atoms with Crippen LogP contribution in [0.2, 0.25) is 0 Å². The predicted molar refractivity (Wildman–Crippen MR) is 54.1 cm³/mol. The van der Waals surface area contributed by atoms with E-state index >= 15 is 0 Å². The summed E-state index contributed by atoms with van der Waals surface area (Å²) in [4.78, 5) is 15.5. The molecule has 76 valence electrons. The van der Waals surface area contributed by atoms with Crippen molar-refractivity contribution < 1.29 is 4.79 Å². The van der Waals surface area contributed by atoms with Gasteiger partial charge in [-0.3, -0.25) is 9.78 Å². The molecule has 0 radical (unpaired) electrons. The average molecular weight is 201 g/mol.